The van der Waals surface area contributed by atoms with Gasteiger partial charge in [-0.15, -0.1) is 0 Å². The van der Waals surface area contributed by atoms with Crippen LogP contribution in [0.5, 0.6) is 0 Å². The molecule has 1 aliphatic carbocycles. The van der Waals surface area contributed by atoms with Crippen molar-refractivity contribution in [3.05, 3.63) is 34.4 Å². The molecule has 116 valence electrons. The van der Waals surface area contributed by atoms with Crippen molar-refractivity contribution in [2.45, 2.75) is 72.6 Å². The van der Waals surface area contributed by atoms with Crippen molar-refractivity contribution in [3.8, 4) is 0 Å². The summed E-state index contributed by atoms with van der Waals surface area (Å²) in [5, 5.41) is 8.79. The Balaban J connectivity index is 2.44. The third kappa shape index (κ3) is 3.39. The molecule has 0 saturated heterocycles. The Labute approximate surface area is 130 Å². The van der Waals surface area contributed by atoms with Crippen molar-refractivity contribution in [2.24, 2.45) is 11.8 Å². The molecule has 0 radical (unpaired) electrons. The maximum Gasteiger partial charge on any atom is 0.0422 e. The van der Waals surface area contributed by atoms with E-state index in [1.807, 2.05) is 0 Å². The molecule has 0 heterocycles. The number of hydrogen-bond donors (Lipinski definition) is 1. The Morgan fingerprint density at radius 3 is 2.29 bits per heavy atom. The largest absolute Gasteiger partial charge is 0.304 e. The van der Waals surface area contributed by atoms with Crippen LogP contribution in [0, 0.1) is 31.1 Å². The SMILES string of the molecule is Cc1cc(C(=N)C2CCCCC2C)c(C)c(C(C)(C)C)c1. The predicted molar refractivity (Wildman–Crippen MR) is 92.6 cm³/mol. The number of rotatable bonds is 2. The summed E-state index contributed by atoms with van der Waals surface area (Å²) in [7, 11) is 0. The molecule has 2 rings (SSSR count). The highest BCUT2D eigenvalue weighted by Crippen LogP contribution is 2.35. The molecule has 0 spiro atoms. The summed E-state index contributed by atoms with van der Waals surface area (Å²) in [5.41, 5.74) is 6.21. The quantitative estimate of drug-likeness (QED) is 0.664. The fraction of sp³-hybridized carbons (Fsp3) is 0.650. The van der Waals surface area contributed by atoms with Crippen molar-refractivity contribution < 1.29 is 0 Å². The average molecular weight is 285 g/mol. The first-order valence-corrected chi connectivity index (χ1v) is 8.42. The first-order chi connectivity index (χ1) is 9.71. The molecule has 0 aromatic heterocycles. The molecule has 1 heteroatoms. The smallest absolute Gasteiger partial charge is 0.0422 e. The van der Waals surface area contributed by atoms with Gasteiger partial charge in [0.2, 0.25) is 0 Å². The van der Waals surface area contributed by atoms with Crippen LogP contribution in [0.2, 0.25) is 0 Å². The van der Waals surface area contributed by atoms with Gasteiger partial charge in [-0.3, -0.25) is 0 Å². The van der Waals surface area contributed by atoms with Crippen molar-refractivity contribution in [1.82, 2.24) is 0 Å². The summed E-state index contributed by atoms with van der Waals surface area (Å²) >= 11 is 0. The van der Waals surface area contributed by atoms with E-state index < -0.39 is 0 Å². The van der Waals surface area contributed by atoms with Crippen LogP contribution in [0.15, 0.2) is 12.1 Å². The molecule has 2 unspecified atom stereocenters. The van der Waals surface area contributed by atoms with Crippen molar-refractivity contribution in [2.75, 3.05) is 0 Å². The molecule has 1 nitrogen and oxygen atoms in total. The van der Waals surface area contributed by atoms with Crippen LogP contribution in [0.25, 0.3) is 0 Å². The van der Waals surface area contributed by atoms with Crippen LogP contribution in [-0.2, 0) is 5.41 Å². The van der Waals surface area contributed by atoms with Crippen LogP contribution >= 0.6 is 0 Å². The summed E-state index contributed by atoms with van der Waals surface area (Å²) < 4.78 is 0. The normalized spacial score (nSPS) is 23.1. The standard InChI is InChI=1S/C20H31N/c1-13-11-17(15(3)18(12-13)20(4,5)6)19(21)16-10-8-7-9-14(16)2/h11-12,14,16,21H,7-10H2,1-6H3. The van der Waals surface area contributed by atoms with Gasteiger partial charge in [-0.2, -0.15) is 0 Å². The lowest BCUT2D eigenvalue weighted by Gasteiger charge is -2.31. The van der Waals surface area contributed by atoms with Gasteiger partial charge in [0.25, 0.3) is 0 Å². The lowest BCUT2D eigenvalue weighted by molar-refractivity contribution is 0.324. The lowest BCUT2D eigenvalue weighted by atomic mass is 9.73. The summed E-state index contributed by atoms with van der Waals surface area (Å²) in [6.45, 7) is 13.5. The zero-order valence-electron chi connectivity index (χ0n) is 14.6. The Hall–Kier alpha value is -1.11. The van der Waals surface area contributed by atoms with E-state index >= 15 is 0 Å². The Bertz CT molecular complexity index is 534. The second-order valence-electron chi connectivity index (χ2n) is 8.02. The van der Waals surface area contributed by atoms with E-state index in [0.29, 0.717) is 11.8 Å². The predicted octanol–water partition coefficient (Wildman–Crippen LogP) is 5.80. The van der Waals surface area contributed by atoms with Crippen LogP contribution in [-0.4, -0.2) is 5.71 Å². The van der Waals surface area contributed by atoms with Crippen LogP contribution < -0.4 is 0 Å². The van der Waals surface area contributed by atoms with Crippen molar-refractivity contribution >= 4 is 5.71 Å². The molecule has 21 heavy (non-hydrogen) atoms. The van der Waals surface area contributed by atoms with Gasteiger partial charge in [-0.25, -0.2) is 0 Å². The number of hydrogen-bond acceptors (Lipinski definition) is 1. The zero-order chi connectivity index (χ0) is 15.8. The molecule has 1 aromatic carbocycles. The minimum absolute atomic E-state index is 0.142. The number of nitrogens with one attached hydrogen (secondary N) is 1. The van der Waals surface area contributed by atoms with E-state index in [2.05, 4.69) is 53.7 Å². The molecule has 1 N–H and O–H groups in total. The summed E-state index contributed by atoms with van der Waals surface area (Å²) in [5.74, 6) is 1.11. The van der Waals surface area contributed by atoms with Gasteiger partial charge in [0.15, 0.2) is 0 Å². The van der Waals surface area contributed by atoms with Gasteiger partial charge < -0.3 is 5.41 Å². The third-order valence-corrected chi connectivity index (χ3v) is 5.13. The topological polar surface area (TPSA) is 23.9 Å². The van der Waals surface area contributed by atoms with Gasteiger partial charge in [-0.05, 0) is 54.4 Å². The van der Waals surface area contributed by atoms with E-state index in [1.165, 1.54) is 47.9 Å². The Morgan fingerprint density at radius 1 is 1.10 bits per heavy atom. The second kappa shape index (κ2) is 5.94. The summed E-state index contributed by atoms with van der Waals surface area (Å²) in [4.78, 5) is 0. The van der Waals surface area contributed by atoms with Crippen molar-refractivity contribution in [3.63, 3.8) is 0 Å². The van der Waals surface area contributed by atoms with Gasteiger partial charge in [-0.1, -0.05) is 58.6 Å². The number of benzene rings is 1. The fourth-order valence-electron chi connectivity index (χ4n) is 3.86. The van der Waals surface area contributed by atoms with Crippen LogP contribution in [0.1, 0.15) is 75.6 Å². The molecule has 1 fully saturated rings. The van der Waals surface area contributed by atoms with Crippen molar-refractivity contribution in [1.29, 1.82) is 5.41 Å². The summed E-state index contributed by atoms with van der Waals surface area (Å²) in [6, 6.07) is 4.53. The van der Waals surface area contributed by atoms with Gasteiger partial charge in [0.05, 0.1) is 0 Å². The zero-order valence-corrected chi connectivity index (χ0v) is 14.6. The molecular weight excluding hydrogens is 254 g/mol. The lowest BCUT2D eigenvalue weighted by Crippen LogP contribution is -2.27. The third-order valence-electron chi connectivity index (χ3n) is 5.13. The fourth-order valence-corrected chi connectivity index (χ4v) is 3.86. The van der Waals surface area contributed by atoms with Crippen LogP contribution in [0.4, 0.5) is 0 Å². The highest BCUT2D eigenvalue weighted by Gasteiger charge is 2.28. The minimum atomic E-state index is 0.142. The number of aryl methyl sites for hydroxylation is 1. The molecule has 1 aliphatic rings. The molecule has 1 saturated carbocycles. The van der Waals surface area contributed by atoms with E-state index in [-0.39, 0.29) is 5.41 Å². The van der Waals surface area contributed by atoms with Gasteiger partial charge in [0.1, 0.15) is 0 Å². The molecule has 2 atom stereocenters. The molecule has 0 amide bonds. The van der Waals surface area contributed by atoms with E-state index in [4.69, 9.17) is 5.41 Å². The van der Waals surface area contributed by atoms with E-state index in [9.17, 15) is 0 Å². The maximum atomic E-state index is 8.79. The highest BCUT2D eigenvalue weighted by molar-refractivity contribution is 6.01. The van der Waals surface area contributed by atoms with E-state index in [1.54, 1.807) is 0 Å². The van der Waals surface area contributed by atoms with Gasteiger partial charge in [0, 0.05) is 11.6 Å². The molecule has 0 aliphatic heterocycles. The average Bonchev–Trinajstić information content (AvgIpc) is 2.39. The second-order valence-corrected chi connectivity index (χ2v) is 8.02. The van der Waals surface area contributed by atoms with Gasteiger partial charge >= 0.3 is 0 Å². The first-order valence-electron chi connectivity index (χ1n) is 8.42. The minimum Gasteiger partial charge on any atom is -0.304 e. The first kappa shape index (κ1) is 16.3. The maximum absolute atomic E-state index is 8.79. The van der Waals surface area contributed by atoms with E-state index in [0.717, 1.165) is 5.71 Å². The molecule has 0 bridgehead atoms. The van der Waals surface area contributed by atoms with Crippen LogP contribution in [0.3, 0.4) is 0 Å². The summed E-state index contributed by atoms with van der Waals surface area (Å²) in [6.07, 6.45) is 5.10. The Kier molecular flexibility index (Phi) is 4.60. The molecule has 1 aromatic rings. The monoisotopic (exact) mass is 285 g/mol. The molecular formula is C20H31N. The Morgan fingerprint density at radius 2 is 1.71 bits per heavy atom. The highest BCUT2D eigenvalue weighted by atomic mass is 14.5.